The minimum Gasteiger partial charge on any atom is -0.469 e. The third-order valence-corrected chi connectivity index (χ3v) is 5.21. The number of aryl methyl sites for hydroxylation is 2. The van der Waals surface area contributed by atoms with E-state index in [1.165, 1.54) is 23.8 Å². The number of pyridine rings is 1. The van der Waals surface area contributed by atoms with Crippen molar-refractivity contribution < 1.29 is 9.53 Å². The van der Waals surface area contributed by atoms with Crippen molar-refractivity contribution in [3.05, 3.63) is 63.9 Å². The first-order valence-electron chi connectivity index (χ1n) is 7.48. The zero-order valence-electron chi connectivity index (χ0n) is 12.3. The van der Waals surface area contributed by atoms with Crippen molar-refractivity contribution in [1.82, 2.24) is 4.98 Å². The van der Waals surface area contributed by atoms with Gasteiger partial charge in [0.1, 0.15) is 0 Å². The predicted molar refractivity (Wildman–Crippen MR) is 84.0 cm³/mol. The summed E-state index contributed by atoms with van der Waals surface area (Å²) in [6.07, 6.45) is 4.42. The molecule has 0 saturated heterocycles. The lowest BCUT2D eigenvalue weighted by atomic mass is 9.86. The molecule has 1 aromatic carbocycles. The van der Waals surface area contributed by atoms with Crippen LogP contribution < -0.4 is 0 Å². The first-order chi connectivity index (χ1) is 10.7. The average Bonchev–Trinajstić information content (AvgIpc) is 3.30. The summed E-state index contributed by atoms with van der Waals surface area (Å²) in [6.45, 7) is 0. The highest BCUT2D eigenvalue weighted by atomic mass is 35.5. The Morgan fingerprint density at radius 3 is 2.95 bits per heavy atom. The lowest BCUT2D eigenvalue weighted by Gasteiger charge is -2.19. The molecule has 22 heavy (non-hydrogen) atoms. The molecule has 2 aliphatic carbocycles. The lowest BCUT2D eigenvalue weighted by molar-refractivity contribution is -0.142. The molecule has 2 aliphatic rings. The molecule has 4 heteroatoms. The zero-order valence-corrected chi connectivity index (χ0v) is 13.1. The van der Waals surface area contributed by atoms with Gasteiger partial charge >= 0.3 is 5.97 Å². The summed E-state index contributed by atoms with van der Waals surface area (Å²) in [5, 5.41) is 0.739. The number of methoxy groups -OCH3 is 1. The lowest BCUT2D eigenvalue weighted by Crippen LogP contribution is -2.20. The number of carbonyl (C=O) groups excluding carboxylic acids is 1. The van der Waals surface area contributed by atoms with Crippen LogP contribution in [0.2, 0.25) is 5.02 Å². The highest BCUT2D eigenvalue weighted by Crippen LogP contribution is 2.61. The smallest absolute Gasteiger partial charge is 0.310 e. The molecule has 0 radical (unpaired) electrons. The van der Waals surface area contributed by atoms with Gasteiger partial charge in [-0.1, -0.05) is 23.7 Å². The SMILES string of the molecule is COC(=O)[C@@H]1C[C@]12c1ccc(Cl)cc1CCc1cccnc12. The van der Waals surface area contributed by atoms with E-state index in [4.69, 9.17) is 16.3 Å². The van der Waals surface area contributed by atoms with Gasteiger partial charge in [-0.3, -0.25) is 9.78 Å². The Labute approximate surface area is 134 Å². The molecular weight excluding hydrogens is 298 g/mol. The minimum atomic E-state index is -0.333. The van der Waals surface area contributed by atoms with Crippen LogP contribution in [0.15, 0.2) is 36.5 Å². The molecule has 0 aliphatic heterocycles. The molecule has 2 aromatic rings. The van der Waals surface area contributed by atoms with Gasteiger partial charge < -0.3 is 4.74 Å². The molecule has 3 nitrogen and oxygen atoms in total. The molecule has 1 fully saturated rings. The van der Waals surface area contributed by atoms with Gasteiger partial charge in [0.25, 0.3) is 0 Å². The van der Waals surface area contributed by atoms with E-state index in [1.807, 2.05) is 24.4 Å². The third-order valence-electron chi connectivity index (χ3n) is 4.97. The fraction of sp³-hybridized carbons (Fsp3) is 0.333. The molecule has 112 valence electrons. The van der Waals surface area contributed by atoms with Crippen LogP contribution in [-0.2, 0) is 27.8 Å². The number of aromatic nitrogens is 1. The summed E-state index contributed by atoms with van der Waals surface area (Å²) in [5.41, 5.74) is 4.33. The first kappa shape index (κ1) is 13.8. The maximum Gasteiger partial charge on any atom is 0.310 e. The molecule has 1 aromatic heterocycles. The molecular formula is C18H16ClNO2. The molecule has 0 unspecified atom stereocenters. The van der Waals surface area contributed by atoms with Crippen LogP contribution in [0.1, 0.15) is 28.8 Å². The maximum atomic E-state index is 12.2. The van der Waals surface area contributed by atoms with Gasteiger partial charge in [0, 0.05) is 11.2 Å². The predicted octanol–water partition coefficient (Wildman–Crippen LogP) is 3.31. The van der Waals surface area contributed by atoms with E-state index in [-0.39, 0.29) is 17.3 Å². The fourth-order valence-electron chi connectivity index (χ4n) is 3.89. The van der Waals surface area contributed by atoms with Gasteiger partial charge in [0.2, 0.25) is 0 Å². The van der Waals surface area contributed by atoms with E-state index < -0.39 is 0 Å². The summed E-state index contributed by atoms with van der Waals surface area (Å²) < 4.78 is 5.00. The van der Waals surface area contributed by atoms with Crippen molar-refractivity contribution in [2.75, 3.05) is 7.11 Å². The number of nitrogens with zero attached hydrogens (tertiary/aromatic N) is 1. The van der Waals surface area contributed by atoms with Crippen molar-refractivity contribution in [3.8, 4) is 0 Å². The third kappa shape index (κ3) is 1.82. The van der Waals surface area contributed by atoms with E-state index in [0.717, 1.165) is 30.0 Å². The Morgan fingerprint density at radius 1 is 1.32 bits per heavy atom. The van der Waals surface area contributed by atoms with Crippen molar-refractivity contribution in [1.29, 1.82) is 0 Å². The summed E-state index contributed by atoms with van der Waals surface area (Å²) in [6, 6.07) is 10.1. The fourth-order valence-corrected chi connectivity index (χ4v) is 4.09. The number of esters is 1. The van der Waals surface area contributed by atoms with Crippen molar-refractivity contribution in [2.45, 2.75) is 24.7 Å². The number of carbonyl (C=O) groups is 1. The van der Waals surface area contributed by atoms with Crippen molar-refractivity contribution in [2.24, 2.45) is 5.92 Å². The minimum absolute atomic E-state index is 0.149. The Kier molecular flexibility index (Phi) is 3.01. The Morgan fingerprint density at radius 2 is 2.14 bits per heavy atom. The standard InChI is InChI=1S/C18H16ClNO2/c1-22-17(21)15-10-18(15)14-7-6-13(19)9-12(14)5-4-11-3-2-8-20-16(11)18/h2-3,6-9,15H,4-5,10H2,1H3/t15-,18-/m0/s1. The van der Waals surface area contributed by atoms with E-state index in [9.17, 15) is 4.79 Å². The van der Waals surface area contributed by atoms with E-state index in [0.29, 0.717) is 0 Å². The molecule has 4 rings (SSSR count). The number of halogens is 1. The monoisotopic (exact) mass is 313 g/mol. The number of ether oxygens (including phenoxy) is 1. The zero-order chi connectivity index (χ0) is 15.3. The molecule has 1 saturated carbocycles. The van der Waals surface area contributed by atoms with Gasteiger partial charge in [-0.25, -0.2) is 0 Å². The number of hydrogen-bond acceptors (Lipinski definition) is 3. The van der Waals surface area contributed by atoms with E-state index >= 15 is 0 Å². The van der Waals surface area contributed by atoms with Crippen LogP contribution in [0.4, 0.5) is 0 Å². The molecule has 1 heterocycles. The molecule has 1 spiro atoms. The average molecular weight is 314 g/mol. The first-order valence-corrected chi connectivity index (χ1v) is 7.85. The molecule has 0 N–H and O–H groups in total. The Hall–Kier alpha value is -1.87. The van der Waals surface area contributed by atoms with Crippen LogP contribution in [0.5, 0.6) is 0 Å². The summed E-state index contributed by atoms with van der Waals surface area (Å²) in [5.74, 6) is -0.302. The normalized spacial score (nSPS) is 25.1. The van der Waals surface area contributed by atoms with Gasteiger partial charge in [-0.2, -0.15) is 0 Å². The topological polar surface area (TPSA) is 39.2 Å². The quantitative estimate of drug-likeness (QED) is 0.758. The second-order valence-electron chi connectivity index (χ2n) is 6.06. The Bertz CT molecular complexity index is 773. The summed E-state index contributed by atoms with van der Waals surface area (Å²) in [7, 11) is 1.45. The number of fused-ring (bicyclic) bond motifs is 4. The van der Waals surface area contributed by atoms with Crippen molar-refractivity contribution in [3.63, 3.8) is 0 Å². The number of hydrogen-bond donors (Lipinski definition) is 0. The molecule has 0 bridgehead atoms. The van der Waals surface area contributed by atoms with E-state index in [2.05, 4.69) is 17.1 Å². The van der Waals surface area contributed by atoms with Gasteiger partial charge in [-0.05, 0) is 54.2 Å². The molecule has 0 amide bonds. The van der Waals surface area contributed by atoms with Crippen LogP contribution in [0.25, 0.3) is 0 Å². The number of benzene rings is 1. The van der Waals surface area contributed by atoms with Crippen molar-refractivity contribution >= 4 is 17.6 Å². The van der Waals surface area contributed by atoms with Crippen LogP contribution in [0, 0.1) is 5.92 Å². The summed E-state index contributed by atoms with van der Waals surface area (Å²) >= 11 is 6.17. The van der Waals surface area contributed by atoms with Gasteiger partial charge in [0.15, 0.2) is 0 Å². The second kappa shape index (κ2) is 4.82. The highest BCUT2D eigenvalue weighted by molar-refractivity contribution is 6.30. The Balaban J connectivity index is 1.95. The second-order valence-corrected chi connectivity index (χ2v) is 6.50. The highest BCUT2D eigenvalue weighted by Gasteiger charge is 2.63. The summed E-state index contributed by atoms with van der Waals surface area (Å²) in [4.78, 5) is 16.8. The van der Waals surface area contributed by atoms with E-state index in [1.54, 1.807) is 0 Å². The largest absolute Gasteiger partial charge is 0.469 e. The van der Waals surface area contributed by atoms with Gasteiger partial charge in [-0.15, -0.1) is 0 Å². The molecule has 2 atom stereocenters. The van der Waals surface area contributed by atoms with Gasteiger partial charge in [0.05, 0.1) is 24.1 Å². The van der Waals surface area contributed by atoms with Crippen LogP contribution in [0.3, 0.4) is 0 Å². The maximum absolute atomic E-state index is 12.2. The number of rotatable bonds is 1. The van der Waals surface area contributed by atoms with Crippen LogP contribution in [-0.4, -0.2) is 18.1 Å². The van der Waals surface area contributed by atoms with Crippen LogP contribution >= 0.6 is 11.6 Å².